The SMILES string of the molecule is CC(C)(CO)NC(=O)NCc1ccccc1Br. The van der Waals surface area contributed by atoms with Gasteiger partial charge in [0.2, 0.25) is 0 Å². The summed E-state index contributed by atoms with van der Waals surface area (Å²) in [6.07, 6.45) is 0. The van der Waals surface area contributed by atoms with E-state index < -0.39 is 5.54 Å². The lowest BCUT2D eigenvalue weighted by atomic mass is 10.1. The average Bonchev–Trinajstić information content (AvgIpc) is 2.27. The van der Waals surface area contributed by atoms with Gasteiger partial charge in [-0.15, -0.1) is 0 Å². The standard InChI is InChI=1S/C12H17BrN2O2/c1-12(2,8-16)15-11(17)14-7-9-5-3-4-6-10(9)13/h3-6,16H,7-8H2,1-2H3,(H2,14,15,17). The zero-order chi connectivity index (χ0) is 12.9. The van der Waals surface area contributed by atoms with Gasteiger partial charge in [0.1, 0.15) is 0 Å². The molecule has 1 rings (SSSR count). The Morgan fingerprint density at radius 1 is 1.41 bits per heavy atom. The van der Waals surface area contributed by atoms with Crippen LogP contribution in [0.1, 0.15) is 19.4 Å². The van der Waals surface area contributed by atoms with Crippen LogP contribution < -0.4 is 10.6 Å². The van der Waals surface area contributed by atoms with E-state index >= 15 is 0 Å². The van der Waals surface area contributed by atoms with Gasteiger partial charge >= 0.3 is 6.03 Å². The molecule has 1 aromatic carbocycles. The zero-order valence-electron chi connectivity index (χ0n) is 9.96. The summed E-state index contributed by atoms with van der Waals surface area (Å²) in [5, 5.41) is 14.4. The Morgan fingerprint density at radius 3 is 2.65 bits per heavy atom. The van der Waals surface area contributed by atoms with Crippen molar-refractivity contribution >= 4 is 22.0 Å². The lowest BCUT2D eigenvalue weighted by Crippen LogP contribution is -2.50. The number of hydrogen-bond acceptors (Lipinski definition) is 2. The molecule has 0 saturated carbocycles. The summed E-state index contributed by atoms with van der Waals surface area (Å²) in [6.45, 7) is 3.85. The quantitative estimate of drug-likeness (QED) is 0.797. The van der Waals surface area contributed by atoms with Crippen molar-refractivity contribution in [2.24, 2.45) is 0 Å². The number of halogens is 1. The normalized spacial score (nSPS) is 11.1. The number of rotatable bonds is 4. The molecule has 2 amide bonds. The third kappa shape index (κ3) is 4.75. The number of aliphatic hydroxyl groups is 1. The molecule has 0 atom stereocenters. The van der Waals surface area contributed by atoms with Gasteiger partial charge in [0.25, 0.3) is 0 Å². The first-order valence-electron chi connectivity index (χ1n) is 5.35. The molecule has 1 aromatic rings. The molecule has 0 fully saturated rings. The second-order valence-corrected chi connectivity index (χ2v) is 5.30. The number of aliphatic hydroxyl groups excluding tert-OH is 1. The van der Waals surface area contributed by atoms with Gasteiger partial charge in [-0.05, 0) is 25.5 Å². The van der Waals surface area contributed by atoms with Crippen molar-refractivity contribution < 1.29 is 9.90 Å². The van der Waals surface area contributed by atoms with Crippen LogP contribution in [0.3, 0.4) is 0 Å². The van der Waals surface area contributed by atoms with Gasteiger partial charge in [-0.2, -0.15) is 0 Å². The Balaban J connectivity index is 2.47. The molecule has 0 spiro atoms. The number of benzene rings is 1. The van der Waals surface area contributed by atoms with Crippen molar-refractivity contribution in [1.82, 2.24) is 10.6 Å². The molecule has 5 heteroatoms. The van der Waals surface area contributed by atoms with E-state index in [1.165, 1.54) is 0 Å². The molecular weight excluding hydrogens is 284 g/mol. The highest BCUT2D eigenvalue weighted by Crippen LogP contribution is 2.15. The third-order valence-electron chi connectivity index (χ3n) is 2.24. The maximum atomic E-state index is 11.6. The van der Waals surface area contributed by atoms with Crippen molar-refractivity contribution in [3.63, 3.8) is 0 Å². The minimum atomic E-state index is -0.613. The van der Waals surface area contributed by atoms with E-state index in [9.17, 15) is 4.79 Å². The molecule has 0 radical (unpaired) electrons. The van der Waals surface area contributed by atoms with E-state index in [0.29, 0.717) is 6.54 Å². The fraction of sp³-hybridized carbons (Fsp3) is 0.417. The molecule has 0 aliphatic carbocycles. The molecule has 17 heavy (non-hydrogen) atoms. The molecule has 4 nitrogen and oxygen atoms in total. The van der Waals surface area contributed by atoms with Gasteiger partial charge in [0.15, 0.2) is 0 Å². The molecule has 0 aliphatic rings. The topological polar surface area (TPSA) is 61.4 Å². The van der Waals surface area contributed by atoms with E-state index in [0.717, 1.165) is 10.0 Å². The van der Waals surface area contributed by atoms with E-state index in [4.69, 9.17) is 5.11 Å². The van der Waals surface area contributed by atoms with Crippen LogP contribution in [0.2, 0.25) is 0 Å². The molecular formula is C12H17BrN2O2. The van der Waals surface area contributed by atoms with Gasteiger partial charge in [-0.1, -0.05) is 34.1 Å². The fourth-order valence-corrected chi connectivity index (χ4v) is 1.63. The molecule has 0 unspecified atom stereocenters. The number of urea groups is 1. The summed E-state index contributed by atoms with van der Waals surface area (Å²) in [5.74, 6) is 0. The van der Waals surface area contributed by atoms with Crippen LogP contribution in [0.5, 0.6) is 0 Å². The van der Waals surface area contributed by atoms with Crippen LogP contribution >= 0.6 is 15.9 Å². The Hall–Kier alpha value is -1.07. The largest absolute Gasteiger partial charge is 0.394 e. The number of carbonyl (C=O) groups excluding carboxylic acids is 1. The summed E-state index contributed by atoms with van der Waals surface area (Å²) in [4.78, 5) is 11.6. The molecule has 0 bridgehead atoms. The Bertz CT molecular complexity index is 394. The van der Waals surface area contributed by atoms with Crippen molar-refractivity contribution in [3.8, 4) is 0 Å². The van der Waals surface area contributed by atoms with Crippen molar-refractivity contribution in [2.75, 3.05) is 6.61 Å². The van der Waals surface area contributed by atoms with Gasteiger partial charge in [-0.3, -0.25) is 0 Å². The Morgan fingerprint density at radius 2 is 2.06 bits per heavy atom. The smallest absolute Gasteiger partial charge is 0.315 e. The maximum absolute atomic E-state index is 11.6. The second-order valence-electron chi connectivity index (χ2n) is 4.44. The van der Waals surface area contributed by atoms with Crippen LogP contribution in [0.25, 0.3) is 0 Å². The average molecular weight is 301 g/mol. The number of carbonyl (C=O) groups is 1. The highest BCUT2D eigenvalue weighted by molar-refractivity contribution is 9.10. The Labute approximate surface area is 110 Å². The minimum absolute atomic E-state index is 0.102. The monoisotopic (exact) mass is 300 g/mol. The molecule has 3 N–H and O–H groups in total. The van der Waals surface area contributed by atoms with Crippen molar-refractivity contribution in [2.45, 2.75) is 25.9 Å². The number of amides is 2. The van der Waals surface area contributed by atoms with E-state index in [1.54, 1.807) is 13.8 Å². The lowest BCUT2D eigenvalue weighted by molar-refractivity contribution is 0.182. The molecule has 0 aromatic heterocycles. The highest BCUT2D eigenvalue weighted by Gasteiger charge is 2.18. The lowest BCUT2D eigenvalue weighted by Gasteiger charge is -2.23. The van der Waals surface area contributed by atoms with Crippen LogP contribution in [-0.2, 0) is 6.54 Å². The summed E-state index contributed by atoms with van der Waals surface area (Å²) in [5.41, 5.74) is 0.391. The van der Waals surface area contributed by atoms with Crippen LogP contribution in [-0.4, -0.2) is 23.3 Å². The first-order chi connectivity index (χ1) is 7.94. The maximum Gasteiger partial charge on any atom is 0.315 e. The van der Waals surface area contributed by atoms with Gasteiger partial charge in [0, 0.05) is 11.0 Å². The van der Waals surface area contributed by atoms with E-state index in [2.05, 4.69) is 26.6 Å². The number of hydrogen-bond donors (Lipinski definition) is 3. The highest BCUT2D eigenvalue weighted by atomic mass is 79.9. The first-order valence-corrected chi connectivity index (χ1v) is 6.14. The van der Waals surface area contributed by atoms with Crippen LogP contribution in [0.15, 0.2) is 28.7 Å². The van der Waals surface area contributed by atoms with Crippen LogP contribution in [0.4, 0.5) is 4.79 Å². The summed E-state index contributed by atoms with van der Waals surface area (Å²) < 4.78 is 0.960. The van der Waals surface area contributed by atoms with Crippen molar-refractivity contribution in [3.05, 3.63) is 34.3 Å². The van der Waals surface area contributed by atoms with Gasteiger partial charge in [-0.25, -0.2) is 4.79 Å². The third-order valence-corrected chi connectivity index (χ3v) is 3.02. The second kappa shape index (κ2) is 6.02. The minimum Gasteiger partial charge on any atom is -0.394 e. The number of nitrogens with one attached hydrogen (secondary N) is 2. The molecule has 0 saturated heterocycles. The van der Waals surface area contributed by atoms with Gasteiger partial charge in [0.05, 0.1) is 12.1 Å². The van der Waals surface area contributed by atoms with Gasteiger partial charge < -0.3 is 15.7 Å². The summed E-state index contributed by atoms with van der Waals surface area (Å²) in [7, 11) is 0. The van der Waals surface area contributed by atoms with E-state index in [1.807, 2.05) is 24.3 Å². The van der Waals surface area contributed by atoms with Crippen molar-refractivity contribution in [1.29, 1.82) is 0 Å². The predicted molar refractivity (Wildman–Crippen MR) is 70.7 cm³/mol. The summed E-state index contributed by atoms with van der Waals surface area (Å²) in [6, 6.07) is 7.40. The Kier molecular flexibility index (Phi) is 4.96. The van der Waals surface area contributed by atoms with Crippen LogP contribution in [0, 0.1) is 0 Å². The summed E-state index contributed by atoms with van der Waals surface area (Å²) >= 11 is 3.41. The van der Waals surface area contributed by atoms with E-state index in [-0.39, 0.29) is 12.6 Å². The first kappa shape index (κ1) is 14.0. The molecule has 0 heterocycles. The molecule has 0 aliphatic heterocycles. The predicted octanol–water partition coefficient (Wildman–Crippen LogP) is 2.02. The fourth-order valence-electron chi connectivity index (χ4n) is 1.21. The molecule has 94 valence electrons. The zero-order valence-corrected chi connectivity index (χ0v) is 11.5.